The van der Waals surface area contributed by atoms with E-state index >= 15 is 0 Å². The van der Waals surface area contributed by atoms with E-state index in [1.54, 1.807) is 7.11 Å². The summed E-state index contributed by atoms with van der Waals surface area (Å²) in [5.41, 5.74) is 1.22. The zero-order chi connectivity index (χ0) is 13.8. The van der Waals surface area contributed by atoms with Crippen molar-refractivity contribution < 1.29 is 9.47 Å². The van der Waals surface area contributed by atoms with E-state index in [0.717, 1.165) is 18.0 Å². The fraction of sp³-hybridized carbons (Fsp3) is 0.647. The highest BCUT2D eigenvalue weighted by Crippen LogP contribution is 2.29. The number of nitrogens with one attached hydrogen (secondary N) is 1. The first kappa shape index (κ1) is 13.7. The molecule has 2 aliphatic rings. The Labute approximate surface area is 121 Å². The van der Waals surface area contributed by atoms with E-state index in [1.807, 2.05) is 6.07 Å². The Morgan fingerprint density at radius 1 is 1.10 bits per heavy atom. The Morgan fingerprint density at radius 3 is 2.60 bits per heavy atom. The van der Waals surface area contributed by atoms with Crippen molar-refractivity contribution in [2.45, 2.75) is 63.6 Å². The predicted molar refractivity (Wildman–Crippen MR) is 80.4 cm³/mol. The highest BCUT2D eigenvalue weighted by Gasteiger charge is 2.21. The molecular formula is C17H25NO2. The molecule has 0 spiro atoms. The molecule has 0 radical (unpaired) electrons. The fourth-order valence-corrected chi connectivity index (χ4v) is 2.84. The maximum atomic E-state index is 6.24. The van der Waals surface area contributed by atoms with Gasteiger partial charge in [-0.3, -0.25) is 0 Å². The summed E-state index contributed by atoms with van der Waals surface area (Å²) in [6.07, 6.45) is 9.37. The summed E-state index contributed by atoms with van der Waals surface area (Å²) in [4.78, 5) is 0. The highest BCUT2D eigenvalue weighted by atomic mass is 16.5. The van der Waals surface area contributed by atoms with Crippen molar-refractivity contribution in [3.8, 4) is 11.5 Å². The maximum absolute atomic E-state index is 6.24. The Morgan fingerprint density at radius 2 is 1.90 bits per heavy atom. The number of methoxy groups -OCH3 is 1. The van der Waals surface area contributed by atoms with Crippen LogP contribution in [0.3, 0.4) is 0 Å². The quantitative estimate of drug-likeness (QED) is 0.859. The van der Waals surface area contributed by atoms with Crippen LogP contribution in [-0.4, -0.2) is 19.3 Å². The van der Waals surface area contributed by atoms with Crippen LogP contribution < -0.4 is 14.8 Å². The first-order chi connectivity index (χ1) is 9.85. The lowest BCUT2D eigenvalue weighted by Crippen LogP contribution is -2.22. The van der Waals surface area contributed by atoms with E-state index in [-0.39, 0.29) is 0 Å². The molecular weight excluding hydrogens is 250 g/mol. The van der Waals surface area contributed by atoms with Gasteiger partial charge in [0.1, 0.15) is 11.5 Å². The Balaban J connectivity index is 1.68. The zero-order valence-electron chi connectivity index (χ0n) is 12.4. The third-order valence-corrected chi connectivity index (χ3v) is 4.27. The number of benzene rings is 1. The first-order valence-corrected chi connectivity index (χ1v) is 7.92. The van der Waals surface area contributed by atoms with Crippen molar-refractivity contribution in [2.24, 2.45) is 0 Å². The lowest BCUT2D eigenvalue weighted by molar-refractivity contribution is 0.153. The van der Waals surface area contributed by atoms with Crippen LogP contribution in [0.25, 0.3) is 0 Å². The largest absolute Gasteiger partial charge is 0.497 e. The lowest BCUT2D eigenvalue weighted by atomic mass is 9.97. The molecule has 0 unspecified atom stereocenters. The van der Waals surface area contributed by atoms with E-state index in [4.69, 9.17) is 9.47 Å². The molecule has 110 valence electrons. The van der Waals surface area contributed by atoms with Gasteiger partial charge in [0.2, 0.25) is 0 Å². The van der Waals surface area contributed by atoms with Gasteiger partial charge in [-0.1, -0.05) is 6.42 Å². The average molecular weight is 275 g/mol. The van der Waals surface area contributed by atoms with Gasteiger partial charge in [-0.2, -0.15) is 0 Å². The Kier molecular flexibility index (Phi) is 4.46. The van der Waals surface area contributed by atoms with E-state index in [9.17, 15) is 0 Å². The summed E-state index contributed by atoms with van der Waals surface area (Å²) in [7, 11) is 1.72. The molecule has 0 saturated heterocycles. The summed E-state index contributed by atoms with van der Waals surface area (Å²) in [6, 6.07) is 6.88. The normalized spacial score (nSPS) is 19.9. The summed E-state index contributed by atoms with van der Waals surface area (Å²) < 4.78 is 11.6. The molecule has 1 N–H and O–H groups in total. The van der Waals surface area contributed by atoms with Gasteiger partial charge >= 0.3 is 0 Å². The van der Waals surface area contributed by atoms with Gasteiger partial charge in [0.25, 0.3) is 0 Å². The van der Waals surface area contributed by atoms with E-state index in [2.05, 4.69) is 17.4 Å². The van der Waals surface area contributed by atoms with Crippen molar-refractivity contribution in [3.63, 3.8) is 0 Å². The molecule has 0 heterocycles. The second-order valence-electron chi connectivity index (χ2n) is 6.01. The predicted octanol–water partition coefficient (Wildman–Crippen LogP) is 3.66. The Bertz CT molecular complexity index is 437. The molecule has 0 amide bonds. The SMILES string of the molecule is COc1ccc(OC2CCCCC2)c(CNC2CC2)c1. The number of ether oxygens (including phenoxy) is 2. The molecule has 2 fully saturated rings. The van der Waals surface area contributed by atoms with Crippen molar-refractivity contribution in [1.29, 1.82) is 0 Å². The molecule has 0 bridgehead atoms. The summed E-state index contributed by atoms with van der Waals surface area (Å²) >= 11 is 0. The van der Waals surface area contributed by atoms with Gasteiger partial charge in [0, 0.05) is 18.2 Å². The zero-order valence-corrected chi connectivity index (χ0v) is 12.4. The van der Waals surface area contributed by atoms with E-state index in [0.29, 0.717) is 12.1 Å². The van der Waals surface area contributed by atoms with Gasteiger partial charge in [-0.25, -0.2) is 0 Å². The summed E-state index contributed by atoms with van der Waals surface area (Å²) in [5.74, 6) is 1.94. The molecule has 0 aliphatic heterocycles. The molecule has 0 atom stereocenters. The summed E-state index contributed by atoms with van der Waals surface area (Å²) in [5, 5.41) is 3.57. The maximum Gasteiger partial charge on any atom is 0.124 e. The van der Waals surface area contributed by atoms with Crippen LogP contribution in [0.2, 0.25) is 0 Å². The third-order valence-electron chi connectivity index (χ3n) is 4.27. The monoisotopic (exact) mass is 275 g/mol. The van der Waals surface area contributed by atoms with Crippen LogP contribution in [0.5, 0.6) is 11.5 Å². The highest BCUT2D eigenvalue weighted by molar-refractivity contribution is 5.40. The van der Waals surface area contributed by atoms with Crippen LogP contribution in [0.1, 0.15) is 50.5 Å². The third kappa shape index (κ3) is 3.66. The number of rotatable bonds is 6. The molecule has 2 saturated carbocycles. The molecule has 1 aromatic carbocycles. The molecule has 20 heavy (non-hydrogen) atoms. The average Bonchev–Trinajstić information content (AvgIpc) is 3.31. The van der Waals surface area contributed by atoms with Gasteiger partial charge in [0.15, 0.2) is 0 Å². The summed E-state index contributed by atoms with van der Waals surface area (Å²) in [6.45, 7) is 0.879. The second kappa shape index (κ2) is 6.49. The minimum Gasteiger partial charge on any atom is -0.497 e. The number of hydrogen-bond acceptors (Lipinski definition) is 3. The molecule has 3 heteroatoms. The van der Waals surface area contributed by atoms with E-state index < -0.39 is 0 Å². The van der Waals surface area contributed by atoms with Crippen LogP contribution >= 0.6 is 0 Å². The minimum absolute atomic E-state index is 0.400. The lowest BCUT2D eigenvalue weighted by Gasteiger charge is -2.24. The molecule has 2 aliphatic carbocycles. The van der Waals surface area contributed by atoms with Crippen molar-refractivity contribution in [1.82, 2.24) is 5.32 Å². The van der Waals surface area contributed by atoms with Gasteiger partial charge in [-0.15, -0.1) is 0 Å². The van der Waals surface area contributed by atoms with Crippen LogP contribution in [0, 0.1) is 0 Å². The first-order valence-electron chi connectivity index (χ1n) is 7.92. The van der Waals surface area contributed by atoms with Gasteiger partial charge < -0.3 is 14.8 Å². The topological polar surface area (TPSA) is 30.5 Å². The second-order valence-corrected chi connectivity index (χ2v) is 6.01. The number of hydrogen-bond donors (Lipinski definition) is 1. The molecule has 1 aromatic rings. The van der Waals surface area contributed by atoms with Gasteiger partial charge in [-0.05, 0) is 56.7 Å². The van der Waals surface area contributed by atoms with Crippen LogP contribution in [-0.2, 0) is 6.54 Å². The molecule has 3 nitrogen and oxygen atoms in total. The van der Waals surface area contributed by atoms with Crippen molar-refractivity contribution in [2.75, 3.05) is 7.11 Å². The minimum atomic E-state index is 0.400. The Hall–Kier alpha value is -1.22. The standard InChI is InChI=1S/C17H25NO2/c1-19-16-9-10-17(20-15-5-3-2-4-6-15)13(11-16)12-18-14-7-8-14/h9-11,14-15,18H,2-8,12H2,1H3. The smallest absolute Gasteiger partial charge is 0.124 e. The molecule has 0 aromatic heterocycles. The van der Waals surface area contributed by atoms with E-state index in [1.165, 1.54) is 50.5 Å². The van der Waals surface area contributed by atoms with Gasteiger partial charge in [0.05, 0.1) is 13.2 Å². The fourth-order valence-electron chi connectivity index (χ4n) is 2.84. The van der Waals surface area contributed by atoms with Crippen molar-refractivity contribution in [3.05, 3.63) is 23.8 Å². The van der Waals surface area contributed by atoms with Crippen LogP contribution in [0.15, 0.2) is 18.2 Å². The van der Waals surface area contributed by atoms with Crippen LogP contribution in [0.4, 0.5) is 0 Å². The molecule has 3 rings (SSSR count). The van der Waals surface area contributed by atoms with Crippen molar-refractivity contribution >= 4 is 0 Å².